The number of rotatable bonds is 11. The first-order chi connectivity index (χ1) is 10.2. The molecular formula is C18H29NO2. The van der Waals surface area contributed by atoms with Crippen molar-refractivity contribution in [3.05, 3.63) is 24.3 Å². The van der Waals surface area contributed by atoms with Gasteiger partial charge in [0, 0.05) is 18.2 Å². The molecule has 0 saturated carbocycles. The monoisotopic (exact) mass is 291 g/mol. The first-order valence-corrected chi connectivity index (χ1v) is 8.05. The van der Waals surface area contributed by atoms with E-state index in [-0.39, 0.29) is 11.8 Å². The molecule has 0 aromatic heterocycles. The van der Waals surface area contributed by atoms with Crippen LogP contribution in [0.25, 0.3) is 0 Å². The molecule has 0 radical (unpaired) electrons. The van der Waals surface area contributed by atoms with E-state index in [9.17, 15) is 4.79 Å². The number of benzene rings is 1. The van der Waals surface area contributed by atoms with E-state index in [0.29, 0.717) is 6.42 Å². The summed E-state index contributed by atoms with van der Waals surface area (Å²) in [7, 11) is 1.66. The number of carbonyl (C=O) groups excluding carboxylic acids is 1. The number of hydrogen-bond donors (Lipinski definition) is 1. The van der Waals surface area contributed by atoms with E-state index < -0.39 is 0 Å². The summed E-state index contributed by atoms with van der Waals surface area (Å²) in [4.78, 5) is 11.4. The van der Waals surface area contributed by atoms with Crippen LogP contribution in [-0.4, -0.2) is 18.9 Å². The number of methoxy groups -OCH3 is 1. The fourth-order valence-corrected chi connectivity index (χ4v) is 2.49. The predicted molar refractivity (Wildman–Crippen MR) is 89.1 cm³/mol. The van der Waals surface area contributed by atoms with Crippen LogP contribution in [0.5, 0.6) is 5.75 Å². The van der Waals surface area contributed by atoms with Crippen molar-refractivity contribution in [2.24, 2.45) is 0 Å². The van der Waals surface area contributed by atoms with Crippen molar-refractivity contribution in [1.29, 1.82) is 0 Å². The van der Waals surface area contributed by atoms with Crippen molar-refractivity contribution in [1.82, 2.24) is 0 Å². The fourth-order valence-electron chi connectivity index (χ4n) is 2.49. The first kappa shape index (κ1) is 17.5. The van der Waals surface area contributed by atoms with Crippen molar-refractivity contribution in [2.45, 2.75) is 64.8 Å². The zero-order valence-corrected chi connectivity index (χ0v) is 13.7. The molecule has 3 nitrogen and oxygen atoms in total. The molecule has 0 spiro atoms. The number of Topliss-reactive ketones (excluding diaryl/α,β-unsaturated/α-hetero) is 1. The number of carbonyl (C=O) groups is 1. The molecule has 0 amide bonds. The minimum Gasteiger partial charge on any atom is -0.497 e. The van der Waals surface area contributed by atoms with Crippen LogP contribution in [0.3, 0.4) is 0 Å². The summed E-state index contributed by atoms with van der Waals surface area (Å²) in [6.45, 7) is 3.89. The summed E-state index contributed by atoms with van der Waals surface area (Å²) in [5, 5.41) is 3.48. The molecule has 1 atom stereocenters. The SMILES string of the molecule is CCCCCCCC(CC(C)=O)Nc1ccc(OC)cc1. The van der Waals surface area contributed by atoms with Gasteiger partial charge in [-0.15, -0.1) is 0 Å². The second kappa shape index (κ2) is 10.3. The average molecular weight is 291 g/mol. The van der Waals surface area contributed by atoms with Gasteiger partial charge in [0.1, 0.15) is 11.5 Å². The maximum Gasteiger partial charge on any atom is 0.131 e. The highest BCUT2D eigenvalue weighted by atomic mass is 16.5. The van der Waals surface area contributed by atoms with E-state index in [0.717, 1.165) is 17.9 Å². The minimum absolute atomic E-state index is 0.234. The van der Waals surface area contributed by atoms with Gasteiger partial charge in [-0.3, -0.25) is 4.79 Å². The van der Waals surface area contributed by atoms with Crippen molar-refractivity contribution in [3.8, 4) is 5.75 Å². The molecule has 1 N–H and O–H groups in total. The highest BCUT2D eigenvalue weighted by Gasteiger charge is 2.11. The summed E-state index contributed by atoms with van der Waals surface area (Å²) >= 11 is 0. The van der Waals surface area contributed by atoms with Crippen LogP contribution < -0.4 is 10.1 Å². The Kier molecular flexibility index (Phi) is 8.56. The normalized spacial score (nSPS) is 12.0. The van der Waals surface area contributed by atoms with Gasteiger partial charge in [-0.2, -0.15) is 0 Å². The Morgan fingerprint density at radius 3 is 2.38 bits per heavy atom. The van der Waals surface area contributed by atoms with Gasteiger partial charge in [-0.25, -0.2) is 0 Å². The average Bonchev–Trinajstić information content (AvgIpc) is 2.47. The molecule has 1 aromatic carbocycles. The molecule has 0 fully saturated rings. The highest BCUT2D eigenvalue weighted by molar-refractivity contribution is 5.76. The molecule has 1 rings (SSSR count). The number of hydrogen-bond acceptors (Lipinski definition) is 3. The summed E-state index contributed by atoms with van der Waals surface area (Å²) in [6.07, 6.45) is 7.96. The van der Waals surface area contributed by atoms with Crippen LogP contribution in [0.15, 0.2) is 24.3 Å². The molecule has 0 saturated heterocycles. The summed E-state index contributed by atoms with van der Waals surface area (Å²) < 4.78 is 5.16. The molecule has 0 aliphatic carbocycles. The molecular weight excluding hydrogens is 262 g/mol. The van der Waals surface area contributed by atoms with Crippen molar-refractivity contribution in [2.75, 3.05) is 12.4 Å². The molecule has 0 aliphatic rings. The lowest BCUT2D eigenvalue weighted by Gasteiger charge is -2.19. The quantitative estimate of drug-likeness (QED) is 0.594. The maximum atomic E-state index is 11.4. The van der Waals surface area contributed by atoms with E-state index in [1.54, 1.807) is 14.0 Å². The van der Waals surface area contributed by atoms with E-state index in [1.165, 1.54) is 32.1 Å². The smallest absolute Gasteiger partial charge is 0.131 e. The van der Waals surface area contributed by atoms with Crippen LogP contribution in [0.1, 0.15) is 58.8 Å². The lowest BCUT2D eigenvalue weighted by atomic mass is 10.0. The molecule has 1 unspecified atom stereocenters. The van der Waals surface area contributed by atoms with Crippen LogP contribution in [0, 0.1) is 0 Å². The number of ether oxygens (including phenoxy) is 1. The van der Waals surface area contributed by atoms with Crippen LogP contribution >= 0.6 is 0 Å². The predicted octanol–water partition coefficient (Wildman–Crippen LogP) is 4.82. The Balaban J connectivity index is 2.45. The third-order valence-electron chi connectivity index (χ3n) is 3.65. The summed E-state index contributed by atoms with van der Waals surface area (Å²) in [6, 6.07) is 8.12. The second-order valence-corrected chi connectivity index (χ2v) is 5.68. The van der Waals surface area contributed by atoms with Crippen molar-refractivity contribution < 1.29 is 9.53 Å². The van der Waals surface area contributed by atoms with Gasteiger partial charge in [0.15, 0.2) is 0 Å². The van der Waals surface area contributed by atoms with E-state index in [4.69, 9.17) is 4.74 Å². The molecule has 21 heavy (non-hydrogen) atoms. The number of nitrogens with one attached hydrogen (secondary N) is 1. The Morgan fingerprint density at radius 1 is 1.14 bits per heavy atom. The van der Waals surface area contributed by atoms with Gasteiger partial charge in [-0.05, 0) is 37.6 Å². The third-order valence-corrected chi connectivity index (χ3v) is 3.65. The van der Waals surface area contributed by atoms with Gasteiger partial charge in [0.05, 0.1) is 7.11 Å². The Morgan fingerprint density at radius 2 is 1.81 bits per heavy atom. The topological polar surface area (TPSA) is 38.3 Å². The highest BCUT2D eigenvalue weighted by Crippen LogP contribution is 2.19. The first-order valence-electron chi connectivity index (χ1n) is 8.05. The molecule has 0 bridgehead atoms. The van der Waals surface area contributed by atoms with Crippen molar-refractivity contribution in [3.63, 3.8) is 0 Å². The van der Waals surface area contributed by atoms with Gasteiger partial charge >= 0.3 is 0 Å². The van der Waals surface area contributed by atoms with Gasteiger partial charge in [0.2, 0.25) is 0 Å². The number of anilines is 1. The van der Waals surface area contributed by atoms with Crippen LogP contribution in [-0.2, 0) is 4.79 Å². The van der Waals surface area contributed by atoms with Gasteiger partial charge in [0.25, 0.3) is 0 Å². The molecule has 118 valence electrons. The van der Waals surface area contributed by atoms with Gasteiger partial charge < -0.3 is 10.1 Å². The Labute approximate surface area is 129 Å². The molecule has 3 heteroatoms. The minimum atomic E-state index is 0.234. The van der Waals surface area contributed by atoms with E-state index in [2.05, 4.69) is 12.2 Å². The third kappa shape index (κ3) is 7.74. The Hall–Kier alpha value is -1.51. The molecule has 0 aliphatic heterocycles. The standard InChI is InChI=1S/C18H29NO2/c1-4-5-6-7-8-9-17(14-15(2)20)19-16-10-12-18(21-3)13-11-16/h10-13,17,19H,4-9,14H2,1-3H3. The fraction of sp³-hybridized carbons (Fsp3) is 0.611. The second-order valence-electron chi connectivity index (χ2n) is 5.68. The summed E-state index contributed by atoms with van der Waals surface area (Å²) in [5.41, 5.74) is 1.05. The molecule has 0 heterocycles. The lowest BCUT2D eigenvalue weighted by molar-refractivity contribution is -0.117. The Bertz CT molecular complexity index is 400. The van der Waals surface area contributed by atoms with Crippen LogP contribution in [0.4, 0.5) is 5.69 Å². The van der Waals surface area contributed by atoms with Gasteiger partial charge in [-0.1, -0.05) is 39.0 Å². The number of unbranched alkanes of at least 4 members (excludes halogenated alkanes) is 4. The van der Waals surface area contributed by atoms with E-state index >= 15 is 0 Å². The largest absolute Gasteiger partial charge is 0.497 e. The summed E-state index contributed by atoms with van der Waals surface area (Å²) in [5.74, 6) is 1.10. The van der Waals surface area contributed by atoms with Crippen molar-refractivity contribution >= 4 is 11.5 Å². The van der Waals surface area contributed by atoms with Crippen LogP contribution in [0.2, 0.25) is 0 Å². The zero-order chi connectivity index (χ0) is 15.5. The lowest BCUT2D eigenvalue weighted by Crippen LogP contribution is -2.22. The van der Waals surface area contributed by atoms with E-state index in [1.807, 2.05) is 24.3 Å². The maximum absolute atomic E-state index is 11.4. The number of ketones is 1. The zero-order valence-electron chi connectivity index (χ0n) is 13.7. The molecule has 1 aromatic rings.